The Bertz CT molecular complexity index is 1130. The molecule has 1 unspecified atom stereocenters. The number of hydrogen-bond acceptors (Lipinski definition) is 6. The van der Waals surface area contributed by atoms with Crippen molar-refractivity contribution in [1.29, 1.82) is 0 Å². The van der Waals surface area contributed by atoms with Gasteiger partial charge in [0.2, 0.25) is 0 Å². The second-order valence-electron chi connectivity index (χ2n) is 6.91. The molecular weight excluding hydrogens is 356 g/mol. The Kier molecular flexibility index (Phi) is 4.50. The van der Waals surface area contributed by atoms with E-state index in [1.165, 1.54) is 6.07 Å². The molecule has 0 fully saturated rings. The van der Waals surface area contributed by atoms with Gasteiger partial charge in [-0.05, 0) is 32.9 Å². The second kappa shape index (κ2) is 6.99. The number of aliphatic imine (C=N–C) groups is 1. The minimum Gasteiger partial charge on any atom is -0.507 e. The van der Waals surface area contributed by atoms with E-state index < -0.39 is 5.63 Å². The Labute approximate surface area is 162 Å². The summed E-state index contributed by atoms with van der Waals surface area (Å²) in [4.78, 5) is 17.2. The summed E-state index contributed by atoms with van der Waals surface area (Å²) < 4.78 is 7.11. The highest BCUT2D eigenvalue weighted by molar-refractivity contribution is 6.05. The molecule has 7 heteroatoms. The number of nitrogens with zero attached hydrogens (tertiary/aromatic N) is 3. The SMILES string of the molecule is CCn1cc(C2CC(c3c(O)cc(C)oc3=O)=Nc3ccccc3N2)c(C)n1. The number of rotatable bonds is 3. The predicted octanol–water partition coefficient (Wildman–Crippen LogP) is 3.86. The van der Waals surface area contributed by atoms with Gasteiger partial charge >= 0.3 is 5.63 Å². The quantitative estimate of drug-likeness (QED) is 0.722. The number of aromatic hydroxyl groups is 1. The molecule has 0 amide bonds. The number of anilines is 1. The Balaban J connectivity index is 1.87. The average molecular weight is 378 g/mol. The van der Waals surface area contributed by atoms with E-state index in [0.29, 0.717) is 23.6 Å². The van der Waals surface area contributed by atoms with Gasteiger partial charge in [0.25, 0.3) is 0 Å². The number of benzene rings is 1. The number of nitrogens with one attached hydrogen (secondary N) is 1. The van der Waals surface area contributed by atoms with E-state index in [-0.39, 0.29) is 17.4 Å². The highest BCUT2D eigenvalue weighted by Gasteiger charge is 2.27. The van der Waals surface area contributed by atoms with Crippen molar-refractivity contribution in [3.8, 4) is 5.75 Å². The third-order valence-electron chi connectivity index (χ3n) is 4.91. The van der Waals surface area contributed by atoms with Gasteiger partial charge in [-0.1, -0.05) is 12.1 Å². The standard InChI is InChI=1S/C21H22N4O3/c1-4-25-11-14(13(3)24-25)17-10-18(20-19(26)9-12(2)28-21(20)27)23-16-8-6-5-7-15(16)22-17/h5-9,11,17,22,26H,4,10H2,1-3H3. The van der Waals surface area contributed by atoms with E-state index in [9.17, 15) is 9.90 Å². The van der Waals surface area contributed by atoms with Gasteiger partial charge in [0, 0.05) is 30.8 Å². The summed E-state index contributed by atoms with van der Waals surface area (Å²) in [6.45, 7) is 6.40. The first-order valence-electron chi connectivity index (χ1n) is 9.27. The Morgan fingerprint density at radius 3 is 2.82 bits per heavy atom. The summed E-state index contributed by atoms with van der Waals surface area (Å²) in [5.74, 6) is 0.238. The topological polar surface area (TPSA) is 92.6 Å². The van der Waals surface area contributed by atoms with Gasteiger partial charge in [0.05, 0.1) is 28.8 Å². The molecule has 7 nitrogen and oxygen atoms in total. The van der Waals surface area contributed by atoms with Crippen molar-refractivity contribution >= 4 is 17.1 Å². The minimum atomic E-state index is -0.588. The first kappa shape index (κ1) is 18.0. The molecule has 1 aliphatic rings. The maximum atomic E-state index is 12.5. The lowest BCUT2D eigenvalue weighted by atomic mass is 9.98. The lowest BCUT2D eigenvalue weighted by Crippen LogP contribution is -2.20. The Morgan fingerprint density at radius 1 is 1.32 bits per heavy atom. The molecule has 2 aromatic heterocycles. The molecule has 0 saturated carbocycles. The zero-order chi connectivity index (χ0) is 19.8. The molecule has 1 atom stereocenters. The molecule has 0 spiro atoms. The molecule has 1 aliphatic heterocycles. The molecular formula is C21H22N4O3. The van der Waals surface area contributed by atoms with Gasteiger partial charge in [-0.2, -0.15) is 5.10 Å². The third kappa shape index (κ3) is 3.19. The smallest absolute Gasteiger partial charge is 0.348 e. The summed E-state index contributed by atoms with van der Waals surface area (Å²) in [5, 5.41) is 18.5. The third-order valence-corrected chi connectivity index (χ3v) is 4.91. The molecule has 0 saturated heterocycles. The van der Waals surface area contributed by atoms with E-state index >= 15 is 0 Å². The summed E-state index contributed by atoms with van der Waals surface area (Å²) in [6.07, 6.45) is 2.42. The van der Waals surface area contributed by atoms with Crippen LogP contribution in [0.2, 0.25) is 0 Å². The number of para-hydroxylation sites is 2. The molecule has 4 rings (SSSR count). The van der Waals surface area contributed by atoms with Crippen LogP contribution in [0.15, 0.2) is 50.7 Å². The lowest BCUT2D eigenvalue weighted by molar-refractivity contribution is 0.432. The van der Waals surface area contributed by atoms with Crippen molar-refractivity contribution in [2.75, 3.05) is 5.32 Å². The molecule has 3 heterocycles. The molecule has 1 aromatic carbocycles. The fourth-order valence-electron chi connectivity index (χ4n) is 3.56. The van der Waals surface area contributed by atoms with Crippen LogP contribution in [0.5, 0.6) is 5.75 Å². The maximum Gasteiger partial charge on any atom is 0.348 e. The summed E-state index contributed by atoms with van der Waals surface area (Å²) in [7, 11) is 0. The zero-order valence-corrected chi connectivity index (χ0v) is 16.1. The number of fused-ring (bicyclic) bond motifs is 1. The molecule has 0 bridgehead atoms. The van der Waals surface area contributed by atoms with Crippen LogP contribution in [0.4, 0.5) is 11.4 Å². The van der Waals surface area contributed by atoms with Gasteiger partial charge in [0.1, 0.15) is 17.1 Å². The van der Waals surface area contributed by atoms with Crippen LogP contribution in [0.25, 0.3) is 0 Å². The number of aryl methyl sites for hydroxylation is 3. The van der Waals surface area contributed by atoms with Gasteiger partial charge in [-0.25, -0.2) is 4.79 Å². The monoisotopic (exact) mass is 378 g/mol. The highest BCUT2D eigenvalue weighted by Crippen LogP contribution is 2.36. The van der Waals surface area contributed by atoms with Gasteiger partial charge in [-0.3, -0.25) is 9.67 Å². The van der Waals surface area contributed by atoms with Crippen molar-refractivity contribution in [3.05, 3.63) is 69.5 Å². The summed E-state index contributed by atoms with van der Waals surface area (Å²) >= 11 is 0. The highest BCUT2D eigenvalue weighted by atomic mass is 16.4. The van der Waals surface area contributed by atoms with Crippen molar-refractivity contribution in [2.24, 2.45) is 4.99 Å². The Hall–Kier alpha value is -3.35. The number of hydrogen-bond donors (Lipinski definition) is 2. The van der Waals surface area contributed by atoms with Gasteiger partial charge in [-0.15, -0.1) is 0 Å². The van der Waals surface area contributed by atoms with Crippen molar-refractivity contribution in [3.63, 3.8) is 0 Å². The molecule has 144 valence electrons. The first-order chi connectivity index (χ1) is 13.5. The molecule has 2 N–H and O–H groups in total. The predicted molar refractivity (Wildman–Crippen MR) is 108 cm³/mol. The summed E-state index contributed by atoms with van der Waals surface area (Å²) in [5.41, 5.74) is 3.52. The van der Waals surface area contributed by atoms with Crippen molar-refractivity contribution < 1.29 is 9.52 Å². The molecule has 3 aromatic rings. The van der Waals surface area contributed by atoms with E-state index in [1.807, 2.05) is 49.0 Å². The van der Waals surface area contributed by atoms with E-state index in [1.54, 1.807) is 6.92 Å². The van der Waals surface area contributed by atoms with E-state index in [0.717, 1.165) is 23.5 Å². The summed E-state index contributed by atoms with van der Waals surface area (Å²) in [6, 6.07) is 8.94. The van der Waals surface area contributed by atoms with Crippen LogP contribution < -0.4 is 10.9 Å². The van der Waals surface area contributed by atoms with Crippen LogP contribution in [0.1, 0.15) is 42.0 Å². The van der Waals surface area contributed by atoms with Gasteiger partial charge in [0.15, 0.2) is 0 Å². The molecule has 0 aliphatic carbocycles. The minimum absolute atomic E-state index is 0.106. The molecule has 28 heavy (non-hydrogen) atoms. The maximum absolute atomic E-state index is 12.5. The van der Waals surface area contributed by atoms with Crippen LogP contribution in [0, 0.1) is 13.8 Å². The van der Waals surface area contributed by atoms with Crippen molar-refractivity contribution in [2.45, 2.75) is 39.8 Å². The average Bonchev–Trinajstić information content (AvgIpc) is 2.91. The van der Waals surface area contributed by atoms with E-state index in [4.69, 9.17) is 9.41 Å². The Morgan fingerprint density at radius 2 is 2.11 bits per heavy atom. The molecule has 0 radical (unpaired) electrons. The van der Waals surface area contributed by atoms with Gasteiger partial charge < -0.3 is 14.8 Å². The van der Waals surface area contributed by atoms with Crippen LogP contribution in [0.3, 0.4) is 0 Å². The largest absolute Gasteiger partial charge is 0.507 e. The normalized spacial score (nSPS) is 16.1. The first-order valence-corrected chi connectivity index (χ1v) is 9.27. The zero-order valence-electron chi connectivity index (χ0n) is 16.1. The fourth-order valence-corrected chi connectivity index (χ4v) is 3.56. The van der Waals surface area contributed by atoms with E-state index in [2.05, 4.69) is 10.4 Å². The number of aromatic nitrogens is 2. The van der Waals surface area contributed by atoms with Crippen LogP contribution >= 0.6 is 0 Å². The second-order valence-corrected chi connectivity index (χ2v) is 6.91. The van der Waals surface area contributed by atoms with Crippen molar-refractivity contribution in [1.82, 2.24) is 9.78 Å². The fraction of sp³-hybridized carbons (Fsp3) is 0.286. The van der Waals surface area contributed by atoms with Crippen LogP contribution in [-0.4, -0.2) is 20.6 Å². The van der Waals surface area contributed by atoms with Crippen LogP contribution in [-0.2, 0) is 6.54 Å². The lowest BCUT2D eigenvalue weighted by Gasteiger charge is -2.18.